The van der Waals surface area contributed by atoms with Crippen LogP contribution in [0.5, 0.6) is 0 Å². The quantitative estimate of drug-likeness (QED) is 0.128. The molecule has 0 amide bonds. The maximum atomic E-state index is 13.7. The average molecular weight is 886 g/mol. The van der Waals surface area contributed by atoms with E-state index < -0.39 is 13.3 Å². The summed E-state index contributed by atoms with van der Waals surface area (Å²) in [7, 11) is 0. The van der Waals surface area contributed by atoms with Crippen LogP contribution in [0.2, 0.25) is 17.3 Å². The van der Waals surface area contributed by atoms with Gasteiger partial charge in [0.2, 0.25) is 0 Å². The fourth-order valence-electron chi connectivity index (χ4n) is 5.79. The number of aryl methyl sites for hydroxylation is 1. The first-order valence-electron chi connectivity index (χ1n) is 16.4. The molecule has 0 aliphatic carbocycles. The molecule has 0 N–H and O–H groups in total. The fourth-order valence-corrected chi connectivity index (χ4v) is 7.96. The first-order chi connectivity index (χ1) is 22.9. The predicted octanol–water partition coefficient (Wildman–Crippen LogP) is 11.2. The molecule has 0 aliphatic heterocycles. The van der Waals surface area contributed by atoms with Gasteiger partial charge in [0.1, 0.15) is 11.4 Å². The van der Waals surface area contributed by atoms with Gasteiger partial charge in [0, 0.05) is 31.7 Å². The van der Waals surface area contributed by atoms with Crippen molar-refractivity contribution < 1.29 is 28.9 Å². The number of furan rings is 1. The van der Waals surface area contributed by atoms with Crippen molar-refractivity contribution in [3.63, 3.8) is 0 Å². The fraction of sp³-hybridized carbons (Fsp3) is 0.209. The van der Waals surface area contributed by atoms with Crippen molar-refractivity contribution in [2.45, 2.75) is 51.4 Å². The summed E-state index contributed by atoms with van der Waals surface area (Å²) >= 11 is -1.72. The van der Waals surface area contributed by atoms with Gasteiger partial charge in [-0.15, -0.1) is 18.2 Å². The number of hydrogen-bond acceptors (Lipinski definition) is 3. The maximum absolute atomic E-state index is 13.7. The Bertz CT molecular complexity index is 2200. The molecule has 0 saturated heterocycles. The summed E-state index contributed by atoms with van der Waals surface area (Å²) in [4.78, 5) is 9.23. The van der Waals surface area contributed by atoms with Crippen molar-refractivity contribution in [2.75, 3.05) is 0 Å². The van der Waals surface area contributed by atoms with Gasteiger partial charge in [0.05, 0.1) is 5.58 Å². The number of hydrogen-bond donors (Lipinski definition) is 0. The Balaban J connectivity index is 0.000000233. The van der Waals surface area contributed by atoms with Crippen LogP contribution in [0, 0.1) is 30.3 Å². The van der Waals surface area contributed by atoms with E-state index in [2.05, 4.69) is 80.3 Å². The van der Waals surface area contributed by atoms with Crippen molar-refractivity contribution in [3.8, 4) is 33.6 Å². The van der Waals surface area contributed by atoms with Crippen LogP contribution in [0.15, 0.2) is 114 Å². The molecule has 0 spiro atoms. The summed E-state index contributed by atoms with van der Waals surface area (Å²) in [6, 6.07) is 37.6. The molecule has 49 heavy (non-hydrogen) atoms. The van der Waals surface area contributed by atoms with E-state index in [9.17, 15) is 4.39 Å². The van der Waals surface area contributed by atoms with E-state index in [-0.39, 0.29) is 31.3 Å². The molecule has 0 aliphatic rings. The number of fused-ring (bicyclic) bond motifs is 3. The van der Waals surface area contributed by atoms with Gasteiger partial charge in [-0.25, -0.2) is 4.39 Å². The molecule has 0 saturated carbocycles. The Hall–Kier alpha value is -3.90. The van der Waals surface area contributed by atoms with E-state index in [1.807, 2.05) is 73.1 Å². The third-order valence-corrected chi connectivity index (χ3v) is 12.7. The zero-order valence-corrected chi connectivity index (χ0v) is 33.6. The molecule has 7 aromatic rings. The summed E-state index contributed by atoms with van der Waals surface area (Å²) < 4.78 is 21.5. The van der Waals surface area contributed by atoms with E-state index in [1.54, 1.807) is 6.07 Å². The van der Waals surface area contributed by atoms with Crippen LogP contribution in [-0.2, 0) is 26.5 Å². The zero-order chi connectivity index (χ0) is 34.1. The van der Waals surface area contributed by atoms with Gasteiger partial charge in [-0.1, -0.05) is 67.6 Å². The number of nitrogens with zero attached hydrogens (tertiary/aromatic N) is 2. The zero-order valence-electron chi connectivity index (χ0n) is 29.1. The third-order valence-electron chi connectivity index (χ3n) is 8.40. The summed E-state index contributed by atoms with van der Waals surface area (Å²) in [6.07, 6.45) is 4.95. The number of pyridine rings is 2. The second-order valence-corrected chi connectivity index (χ2v) is 25.3. The van der Waals surface area contributed by atoms with Crippen molar-refractivity contribution in [2.24, 2.45) is 5.41 Å². The van der Waals surface area contributed by atoms with Crippen LogP contribution in [0.25, 0.3) is 55.6 Å². The van der Waals surface area contributed by atoms with Crippen molar-refractivity contribution in [1.29, 1.82) is 0 Å². The van der Waals surface area contributed by atoms with Gasteiger partial charge in [-0.05, 0) is 59.3 Å². The Morgan fingerprint density at radius 2 is 1.53 bits per heavy atom. The second-order valence-electron chi connectivity index (χ2n) is 14.6. The molecule has 1 radical (unpaired) electrons. The van der Waals surface area contributed by atoms with E-state index in [0.717, 1.165) is 62.0 Å². The maximum Gasteiger partial charge on any atom is 0 e. The summed E-state index contributed by atoms with van der Waals surface area (Å²) in [6.45, 7) is 8.84. The van der Waals surface area contributed by atoms with Gasteiger partial charge < -0.3 is 9.40 Å². The number of benzene rings is 4. The summed E-state index contributed by atoms with van der Waals surface area (Å²) in [5.74, 6) is 6.89. The second kappa shape index (κ2) is 14.9. The van der Waals surface area contributed by atoms with Gasteiger partial charge in [-0.3, -0.25) is 0 Å². The Kier molecular flexibility index (Phi) is 11.1. The largest absolute Gasteiger partial charge is 0 e. The van der Waals surface area contributed by atoms with Crippen LogP contribution in [0.3, 0.4) is 0 Å². The Morgan fingerprint density at radius 1 is 0.755 bits per heavy atom. The van der Waals surface area contributed by atoms with Gasteiger partial charge in [0.15, 0.2) is 0 Å². The van der Waals surface area contributed by atoms with E-state index in [1.165, 1.54) is 27.7 Å². The molecule has 3 nitrogen and oxygen atoms in total. The van der Waals surface area contributed by atoms with Gasteiger partial charge >= 0.3 is 99.8 Å². The molecule has 3 heterocycles. The number of halogens is 1. The molecule has 0 unspecified atom stereocenters. The van der Waals surface area contributed by atoms with Crippen LogP contribution in [0.1, 0.15) is 31.9 Å². The molecule has 0 fully saturated rings. The molecule has 0 atom stereocenters. The summed E-state index contributed by atoms with van der Waals surface area (Å²) in [5, 5.41) is 2.05. The molecule has 3 aromatic heterocycles. The monoisotopic (exact) mass is 887 g/mol. The van der Waals surface area contributed by atoms with E-state index in [0.29, 0.717) is 0 Å². The first kappa shape index (κ1) is 36.4. The minimum absolute atomic E-state index is 0. The van der Waals surface area contributed by atoms with Crippen LogP contribution < -0.4 is 4.40 Å². The van der Waals surface area contributed by atoms with E-state index in [4.69, 9.17) is 9.40 Å². The third kappa shape index (κ3) is 8.64. The topological polar surface area (TPSA) is 38.9 Å². The minimum Gasteiger partial charge on any atom is 0 e. The standard InChI is InChI=1S/C29H25FNO.C14H16GeN.Ir/c1-18-17-31-26(14-21(18)16-29(2,3)4)25-10-6-9-24-23-12-11-20(15-27(23)32-28(24)25)19-7-5-8-22(30)13-19;1-15(2,3)13-9-10-14(16-11-13)12-7-5-4-6-8-12;/h5-9,11-15,17H,16H2,1-4H3;4-7,9-11H,1-3H3;/q2*-1;. The van der Waals surface area contributed by atoms with Crippen molar-refractivity contribution >= 4 is 39.6 Å². The molecular formula is C43H41FGeIrN2O-2. The van der Waals surface area contributed by atoms with Gasteiger partial charge in [0.25, 0.3) is 0 Å². The molecule has 4 aromatic carbocycles. The van der Waals surface area contributed by atoms with E-state index >= 15 is 0 Å². The number of aromatic nitrogens is 2. The molecule has 7 rings (SSSR count). The van der Waals surface area contributed by atoms with Crippen molar-refractivity contribution in [1.82, 2.24) is 9.97 Å². The Labute approximate surface area is 305 Å². The smallest absolute Gasteiger partial charge is 0 e. The molecule has 251 valence electrons. The first-order valence-corrected chi connectivity index (χ1v) is 23.7. The molecule has 6 heteroatoms. The SMILES string of the molecule is Cc1cnc(-c2[c-]ccc3c2oc2cc(-c4cccc(F)c4)ccc23)cc1CC(C)(C)C.[CH3][Ge]([CH3])([CH3])[c]1ccc(-c2[c-]cccc2)nc1.[Ir]. The van der Waals surface area contributed by atoms with Gasteiger partial charge in [-0.2, -0.15) is 0 Å². The average Bonchev–Trinajstić information content (AvgIpc) is 3.44. The summed E-state index contributed by atoms with van der Waals surface area (Å²) in [5.41, 5.74) is 9.76. The Morgan fingerprint density at radius 3 is 2.20 bits per heavy atom. The van der Waals surface area contributed by atoms with Crippen molar-refractivity contribution in [3.05, 3.63) is 139 Å². The normalized spacial score (nSPS) is 11.6. The molecule has 0 bridgehead atoms. The van der Waals surface area contributed by atoms with Crippen LogP contribution in [0.4, 0.5) is 4.39 Å². The predicted molar refractivity (Wildman–Crippen MR) is 201 cm³/mol. The number of rotatable bonds is 5. The van der Waals surface area contributed by atoms with Crippen LogP contribution in [-0.4, -0.2) is 23.2 Å². The molecular weight excluding hydrogens is 844 g/mol. The minimum atomic E-state index is -1.72. The van der Waals surface area contributed by atoms with Crippen LogP contribution >= 0.6 is 0 Å².